The lowest BCUT2D eigenvalue weighted by Gasteiger charge is -2.22. The minimum Gasteiger partial charge on any atom is -0.497 e. The smallest absolute Gasteiger partial charge is 0.262 e. The maximum Gasteiger partial charge on any atom is 0.262 e. The molecule has 0 spiro atoms. The van der Waals surface area contributed by atoms with Gasteiger partial charge in [-0.3, -0.25) is 9.59 Å². The largest absolute Gasteiger partial charge is 0.497 e. The van der Waals surface area contributed by atoms with Crippen LogP contribution in [0.5, 0.6) is 11.5 Å². The highest BCUT2D eigenvalue weighted by Gasteiger charge is 2.25. The van der Waals surface area contributed by atoms with E-state index >= 15 is 0 Å². The van der Waals surface area contributed by atoms with Gasteiger partial charge in [0.25, 0.3) is 5.91 Å². The number of rotatable bonds is 7. The molecule has 1 atom stereocenters. The van der Waals surface area contributed by atoms with Crippen molar-refractivity contribution in [2.24, 2.45) is 5.92 Å². The highest BCUT2D eigenvalue weighted by Crippen LogP contribution is 2.29. The molecular formula is C18H22N2O4S. The van der Waals surface area contributed by atoms with Crippen LogP contribution in [-0.4, -0.2) is 32.1 Å². The fourth-order valence-corrected chi connectivity index (χ4v) is 2.89. The molecule has 2 N–H and O–H groups in total. The summed E-state index contributed by atoms with van der Waals surface area (Å²) in [5.74, 6) is 0.475. The molecule has 0 aliphatic rings. The van der Waals surface area contributed by atoms with Crippen LogP contribution in [0.15, 0.2) is 35.7 Å². The number of benzene rings is 1. The number of carbonyl (C=O) groups is 2. The van der Waals surface area contributed by atoms with Crippen molar-refractivity contribution in [1.29, 1.82) is 0 Å². The lowest BCUT2D eigenvalue weighted by Crippen LogP contribution is -2.47. The van der Waals surface area contributed by atoms with Crippen LogP contribution in [0.3, 0.4) is 0 Å². The van der Waals surface area contributed by atoms with Crippen molar-refractivity contribution in [3.63, 3.8) is 0 Å². The van der Waals surface area contributed by atoms with Crippen LogP contribution in [0.4, 0.5) is 5.69 Å². The minimum absolute atomic E-state index is 0.0758. The van der Waals surface area contributed by atoms with E-state index in [0.29, 0.717) is 22.1 Å². The first-order valence-electron chi connectivity index (χ1n) is 7.83. The zero-order chi connectivity index (χ0) is 18.4. The van der Waals surface area contributed by atoms with Gasteiger partial charge in [-0.2, -0.15) is 0 Å². The zero-order valence-corrected chi connectivity index (χ0v) is 15.5. The molecule has 2 rings (SSSR count). The summed E-state index contributed by atoms with van der Waals surface area (Å²) in [7, 11) is 3.07. The summed E-state index contributed by atoms with van der Waals surface area (Å²) in [6.07, 6.45) is 0. The highest BCUT2D eigenvalue weighted by molar-refractivity contribution is 7.12. The molecule has 134 valence electrons. The molecule has 0 unspecified atom stereocenters. The Morgan fingerprint density at radius 1 is 1.12 bits per heavy atom. The Balaban J connectivity index is 2.14. The second-order valence-electron chi connectivity index (χ2n) is 5.73. The van der Waals surface area contributed by atoms with Crippen molar-refractivity contribution in [3.05, 3.63) is 40.6 Å². The second-order valence-corrected chi connectivity index (χ2v) is 6.68. The van der Waals surface area contributed by atoms with Crippen LogP contribution < -0.4 is 20.1 Å². The predicted octanol–water partition coefficient (Wildman–Crippen LogP) is 3.16. The number of hydrogen-bond acceptors (Lipinski definition) is 5. The van der Waals surface area contributed by atoms with Crippen molar-refractivity contribution in [2.45, 2.75) is 19.9 Å². The van der Waals surface area contributed by atoms with Crippen molar-refractivity contribution in [3.8, 4) is 11.5 Å². The number of anilines is 1. The van der Waals surface area contributed by atoms with Crippen LogP contribution in [0.25, 0.3) is 0 Å². The summed E-state index contributed by atoms with van der Waals surface area (Å²) in [5, 5.41) is 7.43. The second kappa shape index (κ2) is 8.53. The molecule has 25 heavy (non-hydrogen) atoms. The van der Waals surface area contributed by atoms with Crippen LogP contribution in [0, 0.1) is 5.92 Å². The molecule has 1 aromatic carbocycles. The summed E-state index contributed by atoms with van der Waals surface area (Å²) < 4.78 is 10.4. The Morgan fingerprint density at radius 3 is 2.44 bits per heavy atom. The standard InChI is InChI=1S/C18H22N2O4S/c1-11(2)16(20-17(21)15-6-5-9-25-15)18(22)19-13-8-7-12(23-3)10-14(13)24-4/h5-11,16H,1-4H3,(H,19,22)(H,20,21)/t16-/m1/s1. The van der Waals surface area contributed by atoms with E-state index in [1.807, 2.05) is 19.2 Å². The number of nitrogens with one attached hydrogen (secondary N) is 2. The van der Waals surface area contributed by atoms with Crippen LogP contribution >= 0.6 is 11.3 Å². The third kappa shape index (κ3) is 4.73. The summed E-state index contributed by atoms with van der Waals surface area (Å²) in [5.41, 5.74) is 0.518. The quantitative estimate of drug-likeness (QED) is 0.793. The van der Waals surface area contributed by atoms with Crippen molar-refractivity contribution in [1.82, 2.24) is 5.32 Å². The van der Waals surface area contributed by atoms with Gasteiger partial charge in [0.2, 0.25) is 5.91 Å². The normalized spacial score (nSPS) is 11.7. The number of ether oxygens (including phenoxy) is 2. The molecule has 7 heteroatoms. The average molecular weight is 362 g/mol. The number of carbonyl (C=O) groups excluding carboxylic acids is 2. The molecule has 0 aliphatic heterocycles. The average Bonchev–Trinajstić information content (AvgIpc) is 3.14. The molecule has 0 saturated heterocycles. The number of methoxy groups -OCH3 is 2. The molecular weight excluding hydrogens is 340 g/mol. The van der Waals surface area contributed by atoms with E-state index in [9.17, 15) is 9.59 Å². The molecule has 2 aromatic rings. The first kappa shape index (κ1) is 18.8. The van der Waals surface area contributed by atoms with Gasteiger partial charge < -0.3 is 20.1 Å². The van der Waals surface area contributed by atoms with E-state index < -0.39 is 6.04 Å². The van der Waals surface area contributed by atoms with Gasteiger partial charge in [-0.05, 0) is 29.5 Å². The molecule has 0 fully saturated rings. The molecule has 0 saturated carbocycles. The van der Waals surface area contributed by atoms with E-state index in [1.54, 1.807) is 37.4 Å². The van der Waals surface area contributed by atoms with Crippen LogP contribution in [0.2, 0.25) is 0 Å². The Morgan fingerprint density at radius 2 is 1.88 bits per heavy atom. The summed E-state index contributed by atoms with van der Waals surface area (Å²) in [4.78, 5) is 25.5. The maximum absolute atomic E-state index is 12.7. The van der Waals surface area contributed by atoms with Gasteiger partial charge in [-0.1, -0.05) is 19.9 Å². The SMILES string of the molecule is COc1ccc(NC(=O)[C@H](NC(=O)c2cccs2)C(C)C)c(OC)c1. The Hall–Kier alpha value is -2.54. The van der Waals surface area contributed by atoms with Crippen LogP contribution in [0.1, 0.15) is 23.5 Å². The molecule has 0 radical (unpaired) electrons. The fourth-order valence-electron chi connectivity index (χ4n) is 2.27. The first-order chi connectivity index (χ1) is 12.0. The van der Waals surface area contributed by atoms with Gasteiger partial charge in [0.05, 0.1) is 24.8 Å². The van der Waals surface area contributed by atoms with Crippen LogP contribution in [-0.2, 0) is 4.79 Å². The van der Waals surface area contributed by atoms with Gasteiger partial charge in [-0.25, -0.2) is 0 Å². The predicted molar refractivity (Wildman–Crippen MR) is 98.6 cm³/mol. The zero-order valence-electron chi connectivity index (χ0n) is 14.7. The van der Waals surface area contributed by atoms with Crippen molar-refractivity contribution >= 4 is 28.8 Å². The maximum atomic E-state index is 12.7. The van der Waals surface area contributed by atoms with Gasteiger partial charge in [0.1, 0.15) is 17.5 Å². The van der Waals surface area contributed by atoms with Gasteiger partial charge in [-0.15, -0.1) is 11.3 Å². The highest BCUT2D eigenvalue weighted by atomic mass is 32.1. The Kier molecular flexibility index (Phi) is 6.41. The molecule has 2 amide bonds. The summed E-state index contributed by atoms with van der Waals surface area (Å²) in [6, 6.07) is 7.97. The lowest BCUT2D eigenvalue weighted by atomic mass is 10.0. The van der Waals surface area contributed by atoms with Gasteiger partial charge in [0.15, 0.2) is 0 Å². The third-order valence-corrected chi connectivity index (χ3v) is 4.52. The Labute approximate surface area is 151 Å². The van der Waals surface area contributed by atoms with E-state index in [1.165, 1.54) is 18.4 Å². The molecule has 1 aromatic heterocycles. The molecule has 0 aliphatic carbocycles. The number of hydrogen-bond donors (Lipinski definition) is 2. The molecule has 0 bridgehead atoms. The first-order valence-corrected chi connectivity index (χ1v) is 8.71. The number of thiophene rings is 1. The fraction of sp³-hybridized carbons (Fsp3) is 0.333. The minimum atomic E-state index is -0.665. The van der Waals surface area contributed by atoms with E-state index in [4.69, 9.17) is 9.47 Å². The summed E-state index contributed by atoms with van der Waals surface area (Å²) >= 11 is 1.33. The molecule has 6 nitrogen and oxygen atoms in total. The number of amides is 2. The topological polar surface area (TPSA) is 76.7 Å². The van der Waals surface area contributed by atoms with Gasteiger partial charge >= 0.3 is 0 Å². The molecule has 1 heterocycles. The van der Waals surface area contributed by atoms with Crippen molar-refractivity contribution < 1.29 is 19.1 Å². The Bertz CT molecular complexity index is 729. The lowest BCUT2D eigenvalue weighted by molar-refractivity contribution is -0.118. The summed E-state index contributed by atoms with van der Waals surface area (Å²) in [6.45, 7) is 3.76. The third-order valence-electron chi connectivity index (χ3n) is 3.65. The van der Waals surface area contributed by atoms with E-state index in [-0.39, 0.29) is 17.7 Å². The monoisotopic (exact) mass is 362 g/mol. The van der Waals surface area contributed by atoms with E-state index in [0.717, 1.165) is 0 Å². The van der Waals surface area contributed by atoms with Gasteiger partial charge in [0, 0.05) is 6.07 Å². The van der Waals surface area contributed by atoms with E-state index in [2.05, 4.69) is 10.6 Å². The van der Waals surface area contributed by atoms with Crippen molar-refractivity contribution in [2.75, 3.05) is 19.5 Å².